The van der Waals surface area contributed by atoms with Crippen molar-refractivity contribution < 1.29 is 4.79 Å². The van der Waals surface area contributed by atoms with Gasteiger partial charge in [-0.25, -0.2) is 9.79 Å². The Morgan fingerprint density at radius 3 is 2.69 bits per heavy atom. The van der Waals surface area contributed by atoms with E-state index in [0.29, 0.717) is 28.9 Å². The van der Waals surface area contributed by atoms with Crippen LogP contribution in [0, 0.1) is 0 Å². The number of para-hydroxylation sites is 1. The average molecular weight is 363 g/mol. The fourth-order valence-electron chi connectivity index (χ4n) is 2.82. The molecule has 2 amide bonds. The van der Waals surface area contributed by atoms with Crippen LogP contribution >= 0.6 is 11.6 Å². The maximum Gasteiger partial charge on any atom is 0.347 e. The Bertz CT molecular complexity index is 976. The quantitative estimate of drug-likeness (QED) is 0.810. The molecule has 0 spiro atoms. The number of amidine groups is 2. The molecule has 26 heavy (non-hydrogen) atoms. The first kappa shape index (κ1) is 16.3. The highest BCUT2D eigenvalue weighted by atomic mass is 35.5. The normalized spacial score (nSPS) is 17.0. The number of halogens is 1. The van der Waals surface area contributed by atoms with Crippen molar-refractivity contribution in [1.82, 2.24) is 4.90 Å². The molecular formula is C20H15ClN4O. The van der Waals surface area contributed by atoms with Gasteiger partial charge in [0, 0.05) is 24.0 Å². The third kappa shape index (κ3) is 3.43. The fourth-order valence-corrected chi connectivity index (χ4v) is 3.00. The standard InChI is InChI=1S/C20H15ClN4O/c21-15-10-11-18-23-19(24-20(26)22-16-7-2-1-3-8-16)17-9-5-4-6-14(17)12-25(18)13-15/h1-11,13H,12H2,(H,22,26). The second-order valence-corrected chi connectivity index (χ2v) is 6.27. The molecular weight excluding hydrogens is 348 g/mol. The molecule has 2 aromatic carbocycles. The number of fused-ring (bicyclic) bond motifs is 2. The lowest BCUT2D eigenvalue weighted by atomic mass is 10.1. The van der Waals surface area contributed by atoms with Crippen LogP contribution in [0.3, 0.4) is 0 Å². The molecule has 128 valence electrons. The van der Waals surface area contributed by atoms with Crippen molar-refractivity contribution >= 4 is 35.0 Å². The molecule has 5 nitrogen and oxygen atoms in total. The maximum absolute atomic E-state index is 12.4. The Morgan fingerprint density at radius 2 is 1.85 bits per heavy atom. The molecule has 0 saturated carbocycles. The van der Waals surface area contributed by atoms with Gasteiger partial charge in [-0.05, 0) is 29.8 Å². The number of hydrogen-bond acceptors (Lipinski definition) is 2. The zero-order chi connectivity index (χ0) is 17.9. The summed E-state index contributed by atoms with van der Waals surface area (Å²) >= 11 is 6.11. The van der Waals surface area contributed by atoms with Crippen LogP contribution in [-0.4, -0.2) is 22.6 Å². The summed E-state index contributed by atoms with van der Waals surface area (Å²) in [6.07, 6.45) is 5.41. The number of carbonyl (C=O) groups excluding carboxylic acids is 1. The van der Waals surface area contributed by atoms with Crippen molar-refractivity contribution in [3.8, 4) is 0 Å². The minimum Gasteiger partial charge on any atom is -0.327 e. The minimum absolute atomic E-state index is 0.377. The molecule has 6 heteroatoms. The Balaban J connectivity index is 1.72. The highest BCUT2D eigenvalue weighted by Crippen LogP contribution is 2.23. The molecule has 2 aliphatic heterocycles. The van der Waals surface area contributed by atoms with Gasteiger partial charge in [-0.15, -0.1) is 0 Å². The number of nitrogens with zero attached hydrogens (tertiary/aromatic N) is 3. The van der Waals surface area contributed by atoms with Crippen LogP contribution in [0.4, 0.5) is 10.5 Å². The van der Waals surface area contributed by atoms with Gasteiger partial charge in [-0.3, -0.25) is 0 Å². The number of allylic oxidation sites excluding steroid dienone is 2. The highest BCUT2D eigenvalue weighted by molar-refractivity contribution is 6.32. The van der Waals surface area contributed by atoms with E-state index in [1.807, 2.05) is 71.8 Å². The zero-order valence-electron chi connectivity index (χ0n) is 13.8. The van der Waals surface area contributed by atoms with Gasteiger partial charge < -0.3 is 10.2 Å². The fraction of sp³-hybridized carbons (Fsp3) is 0.0500. The monoisotopic (exact) mass is 362 g/mol. The smallest absolute Gasteiger partial charge is 0.327 e. The number of carbonyl (C=O) groups is 1. The van der Waals surface area contributed by atoms with Crippen LogP contribution < -0.4 is 5.32 Å². The number of urea groups is 1. The van der Waals surface area contributed by atoms with Gasteiger partial charge >= 0.3 is 6.03 Å². The van der Waals surface area contributed by atoms with E-state index >= 15 is 0 Å². The van der Waals surface area contributed by atoms with Gasteiger partial charge in [0.2, 0.25) is 0 Å². The third-order valence-corrected chi connectivity index (χ3v) is 4.24. The number of hydrogen-bond donors (Lipinski definition) is 1. The second-order valence-electron chi connectivity index (χ2n) is 5.83. The summed E-state index contributed by atoms with van der Waals surface area (Å²) in [6.45, 7) is 0.606. The topological polar surface area (TPSA) is 57.1 Å². The van der Waals surface area contributed by atoms with Crippen LogP contribution in [0.25, 0.3) is 0 Å². The molecule has 0 bridgehead atoms. The lowest BCUT2D eigenvalue weighted by Crippen LogP contribution is -2.25. The Labute approximate surface area is 156 Å². The summed E-state index contributed by atoms with van der Waals surface area (Å²) in [4.78, 5) is 23.1. The van der Waals surface area contributed by atoms with E-state index in [-0.39, 0.29) is 0 Å². The Morgan fingerprint density at radius 1 is 1.08 bits per heavy atom. The lowest BCUT2D eigenvalue weighted by Gasteiger charge is -2.21. The molecule has 0 aromatic heterocycles. The number of amides is 2. The summed E-state index contributed by atoms with van der Waals surface area (Å²) in [5.74, 6) is 1.07. The Hall–Kier alpha value is -3.18. The second kappa shape index (κ2) is 6.98. The number of nitrogens with one attached hydrogen (secondary N) is 1. The van der Waals surface area contributed by atoms with Crippen LogP contribution in [0.2, 0.25) is 0 Å². The molecule has 4 rings (SSSR count). The van der Waals surface area contributed by atoms with E-state index in [9.17, 15) is 4.79 Å². The van der Waals surface area contributed by atoms with Crippen LogP contribution in [0.1, 0.15) is 11.1 Å². The number of benzene rings is 2. The van der Waals surface area contributed by atoms with Crippen LogP contribution in [-0.2, 0) is 6.54 Å². The first-order valence-corrected chi connectivity index (χ1v) is 8.50. The van der Waals surface area contributed by atoms with Gasteiger partial charge in [0.05, 0.1) is 5.03 Å². The molecule has 2 aliphatic rings. The largest absolute Gasteiger partial charge is 0.347 e. The summed E-state index contributed by atoms with van der Waals surface area (Å²) in [6, 6.07) is 16.5. The third-order valence-electron chi connectivity index (χ3n) is 4.02. The van der Waals surface area contributed by atoms with Gasteiger partial charge in [0.1, 0.15) is 5.84 Å². The zero-order valence-corrected chi connectivity index (χ0v) is 14.5. The summed E-state index contributed by atoms with van der Waals surface area (Å²) in [7, 11) is 0. The average Bonchev–Trinajstić information content (AvgIpc) is 2.79. The van der Waals surface area contributed by atoms with E-state index in [2.05, 4.69) is 15.3 Å². The van der Waals surface area contributed by atoms with E-state index in [4.69, 9.17) is 11.6 Å². The molecule has 2 heterocycles. The van der Waals surface area contributed by atoms with Gasteiger partial charge in [-0.1, -0.05) is 54.1 Å². The van der Waals surface area contributed by atoms with Gasteiger partial charge in [0.25, 0.3) is 0 Å². The van der Waals surface area contributed by atoms with Crippen molar-refractivity contribution in [1.29, 1.82) is 0 Å². The molecule has 0 fully saturated rings. The first-order chi connectivity index (χ1) is 12.7. The van der Waals surface area contributed by atoms with E-state index in [0.717, 1.165) is 11.1 Å². The predicted molar refractivity (Wildman–Crippen MR) is 104 cm³/mol. The number of rotatable bonds is 1. The van der Waals surface area contributed by atoms with E-state index < -0.39 is 6.03 Å². The minimum atomic E-state index is -0.466. The number of anilines is 1. The van der Waals surface area contributed by atoms with E-state index in [1.165, 1.54) is 0 Å². The summed E-state index contributed by atoms with van der Waals surface area (Å²) in [5.41, 5.74) is 2.54. The Kier molecular flexibility index (Phi) is 4.37. The van der Waals surface area contributed by atoms with Crippen molar-refractivity contribution in [2.24, 2.45) is 9.98 Å². The van der Waals surface area contributed by atoms with Crippen LogP contribution in [0.15, 0.2) is 88.0 Å². The predicted octanol–water partition coefficient (Wildman–Crippen LogP) is 4.53. The molecule has 2 aromatic rings. The van der Waals surface area contributed by atoms with Gasteiger partial charge in [0.15, 0.2) is 5.84 Å². The maximum atomic E-state index is 12.4. The summed E-state index contributed by atoms with van der Waals surface area (Å²) < 4.78 is 0. The van der Waals surface area contributed by atoms with Crippen molar-refractivity contribution in [3.63, 3.8) is 0 Å². The first-order valence-electron chi connectivity index (χ1n) is 8.13. The van der Waals surface area contributed by atoms with Gasteiger partial charge in [-0.2, -0.15) is 4.99 Å². The molecule has 0 radical (unpaired) electrons. The van der Waals surface area contributed by atoms with Crippen molar-refractivity contribution in [2.45, 2.75) is 6.54 Å². The van der Waals surface area contributed by atoms with Crippen LogP contribution in [0.5, 0.6) is 0 Å². The van der Waals surface area contributed by atoms with E-state index in [1.54, 1.807) is 6.08 Å². The lowest BCUT2D eigenvalue weighted by molar-refractivity contribution is 0.259. The highest BCUT2D eigenvalue weighted by Gasteiger charge is 2.21. The van der Waals surface area contributed by atoms with Crippen molar-refractivity contribution in [2.75, 3.05) is 5.32 Å². The molecule has 0 atom stereocenters. The molecule has 1 N–H and O–H groups in total. The molecule has 0 saturated heterocycles. The molecule has 0 unspecified atom stereocenters. The summed E-state index contributed by atoms with van der Waals surface area (Å²) in [5, 5.41) is 3.39. The van der Waals surface area contributed by atoms with Crippen molar-refractivity contribution in [3.05, 3.63) is 89.1 Å². The number of aliphatic imine (C=N–C) groups is 2. The SMILES string of the molecule is O=C(N=C1N=C2C=CC(Cl)=CN2Cc2ccccc21)Nc1ccccc1. The molecule has 0 aliphatic carbocycles.